The second kappa shape index (κ2) is 9.59. The van der Waals surface area contributed by atoms with Crippen LogP contribution in [-0.2, 0) is 40.0 Å². The second-order valence-corrected chi connectivity index (χ2v) is 9.85. The number of likely N-dealkylation sites (tertiary alicyclic amines) is 1. The largest absolute Gasteiger partial charge is 0.464 e. The van der Waals surface area contributed by atoms with Gasteiger partial charge < -0.3 is 14.2 Å². The number of carbonyl (C=O) groups excluding carboxylic acids is 4. The molecule has 0 aromatic heterocycles. The van der Waals surface area contributed by atoms with Gasteiger partial charge in [0.1, 0.15) is 13.2 Å². The molecule has 0 radical (unpaired) electrons. The Bertz CT molecular complexity index is 1330. The minimum atomic E-state index is -0.574. The zero-order chi connectivity index (χ0) is 25.5. The molecule has 3 saturated heterocycles. The van der Waals surface area contributed by atoms with Crippen LogP contribution in [-0.4, -0.2) is 54.0 Å². The Kier molecular flexibility index (Phi) is 6.12. The first-order valence-electron chi connectivity index (χ1n) is 12.7. The third kappa shape index (κ3) is 4.25. The number of rotatable bonds is 8. The van der Waals surface area contributed by atoms with Gasteiger partial charge in [-0.25, -0.2) is 0 Å². The molecule has 3 aromatic carbocycles. The fourth-order valence-corrected chi connectivity index (χ4v) is 6.01. The molecular formula is C29H27NO7. The Morgan fingerprint density at radius 3 is 1.95 bits per heavy atom. The van der Waals surface area contributed by atoms with Crippen molar-refractivity contribution in [3.05, 3.63) is 60.2 Å². The van der Waals surface area contributed by atoms with E-state index in [4.69, 9.17) is 14.2 Å². The zero-order valence-corrected chi connectivity index (χ0v) is 20.3. The molecule has 6 rings (SSSR count). The normalized spacial score (nSPS) is 24.2. The number of hydrogen-bond donors (Lipinski definition) is 0. The van der Waals surface area contributed by atoms with E-state index in [0.29, 0.717) is 0 Å². The third-order valence-electron chi connectivity index (χ3n) is 7.75. The predicted octanol–water partition coefficient (Wildman–Crippen LogP) is 3.52. The summed E-state index contributed by atoms with van der Waals surface area (Å²) in [5, 5.41) is 4.16. The molecule has 3 aliphatic rings. The van der Waals surface area contributed by atoms with Gasteiger partial charge in [0, 0.05) is 5.56 Å². The van der Waals surface area contributed by atoms with Crippen molar-refractivity contribution in [2.75, 3.05) is 13.2 Å². The smallest absolute Gasteiger partial charge is 0.306 e. The second-order valence-electron chi connectivity index (χ2n) is 9.85. The van der Waals surface area contributed by atoms with Gasteiger partial charge in [-0.05, 0) is 40.5 Å². The molecule has 3 fully saturated rings. The standard InChI is InChI=1S/C29H27NO7/c31-24(35-14-13-30-28(33)26-22-9-10-23(37-22)27(26)29(30)34)11-12-25(32)36-16-21-19-7-3-1-5-17(19)15-18-6-2-4-8-20(18)21/h1-8,15,22-23,26-27H,9-14,16H2. The summed E-state index contributed by atoms with van der Waals surface area (Å²) in [5.41, 5.74) is 0.924. The van der Waals surface area contributed by atoms with Crippen LogP contribution in [0.4, 0.5) is 0 Å². The number of esters is 2. The highest BCUT2D eigenvalue weighted by Gasteiger charge is 2.62. The molecule has 4 atom stereocenters. The molecule has 3 aliphatic heterocycles. The van der Waals surface area contributed by atoms with Gasteiger partial charge >= 0.3 is 11.9 Å². The van der Waals surface area contributed by atoms with Crippen LogP contribution >= 0.6 is 0 Å². The summed E-state index contributed by atoms with van der Waals surface area (Å²) in [5.74, 6) is -2.32. The van der Waals surface area contributed by atoms with E-state index in [9.17, 15) is 19.2 Å². The number of amides is 2. The first-order chi connectivity index (χ1) is 18.0. The Morgan fingerprint density at radius 2 is 1.35 bits per heavy atom. The zero-order valence-electron chi connectivity index (χ0n) is 20.3. The van der Waals surface area contributed by atoms with E-state index in [1.54, 1.807) is 0 Å². The lowest BCUT2D eigenvalue weighted by Gasteiger charge is -2.17. The van der Waals surface area contributed by atoms with Crippen molar-refractivity contribution in [3.63, 3.8) is 0 Å². The highest BCUT2D eigenvalue weighted by atomic mass is 16.5. The van der Waals surface area contributed by atoms with Crippen LogP contribution in [0, 0.1) is 11.8 Å². The van der Waals surface area contributed by atoms with Gasteiger partial charge in [-0.3, -0.25) is 24.1 Å². The minimum absolute atomic E-state index is 0.0223. The number of benzene rings is 3. The van der Waals surface area contributed by atoms with Crippen LogP contribution in [0.25, 0.3) is 21.5 Å². The number of imide groups is 1. The average molecular weight is 502 g/mol. The van der Waals surface area contributed by atoms with Crippen LogP contribution in [0.3, 0.4) is 0 Å². The van der Waals surface area contributed by atoms with Crippen LogP contribution < -0.4 is 0 Å². The summed E-state index contributed by atoms with van der Waals surface area (Å²) in [6.07, 6.45) is 1.02. The lowest BCUT2D eigenvalue weighted by molar-refractivity contribution is -0.152. The van der Waals surface area contributed by atoms with E-state index in [1.165, 1.54) is 4.90 Å². The van der Waals surface area contributed by atoms with Gasteiger partial charge in [-0.1, -0.05) is 48.5 Å². The van der Waals surface area contributed by atoms with Crippen LogP contribution in [0.1, 0.15) is 31.2 Å². The summed E-state index contributed by atoms with van der Waals surface area (Å²) in [6.45, 7) is 0.0282. The summed E-state index contributed by atoms with van der Waals surface area (Å²) in [7, 11) is 0. The summed E-state index contributed by atoms with van der Waals surface area (Å²) < 4.78 is 16.4. The molecule has 2 bridgehead atoms. The van der Waals surface area contributed by atoms with Crippen LogP contribution in [0.2, 0.25) is 0 Å². The molecule has 8 heteroatoms. The van der Waals surface area contributed by atoms with Gasteiger partial charge in [0.25, 0.3) is 0 Å². The summed E-state index contributed by atoms with van der Waals surface area (Å²) >= 11 is 0. The summed E-state index contributed by atoms with van der Waals surface area (Å²) in [4.78, 5) is 51.1. The van der Waals surface area contributed by atoms with E-state index >= 15 is 0 Å². The molecule has 0 aliphatic carbocycles. The van der Waals surface area contributed by atoms with Crippen molar-refractivity contribution >= 4 is 45.3 Å². The number of carbonyl (C=O) groups is 4. The lowest BCUT2D eigenvalue weighted by Crippen LogP contribution is -2.37. The highest BCUT2D eigenvalue weighted by molar-refractivity contribution is 6.06. The quantitative estimate of drug-likeness (QED) is 0.265. The molecule has 0 spiro atoms. The van der Waals surface area contributed by atoms with Crippen molar-refractivity contribution in [3.8, 4) is 0 Å². The molecule has 3 aromatic rings. The van der Waals surface area contributed by atoms with Gasteiger partial charge in [-0.2, -0.15) is 0 Å². The Balaban J connectivity index is 0.988. The molecule has 0 N–H and O–H groups in total. The number of nitrogens with zero attached hydrogens (tertiary/aromatic N) is 1. The minimum Gasteiger partial charge on any atom is -0.464 e. The highest BCUT2D eigenvalue weighted by Crippen LogP contribution is 2.48. The van der Waals surface area contributed by atoms with Crippen molar-refractivity contribution < 1.29 is 33.4 Å². The average Bonchev–Trinajstić information content (AvgIpc) is 3.60. The Morgan fingerprint density at radius 1 is 0.811 bits per heavy atom. The number of ether oxygens (including phenoxy) is 3. The third-order valence-corrected chi connectivity index (χ3v) is 7.75. The van der Waals surface area contributed by atoms with E-state index < -0.39 is 23.8 Å². The molecule has 8 nitrogen and oxygen atoms in total. The lowest BCUT2D eigenvalue weighted by atomic mass is 9.81. The van der Waals surface area contributed by atoms with Crippen molar-refractivity contribution in [1.29, 1.82) is 0 Å². The molecule has 3 heterocycles. The first kappa shape index (κ1) is 23.6. The van der Waals surface area contributed by atoms with Crippen molar-refractivity contribution in [2.24, 2.45) is 11.8 Å². The summed E-state index contributed by atoms with van der Waals surface area (Å²) in [6, 6.07) is 18.0. The van der Waals surface area contributed by atoms with Gasteiger partial charge in [0.15, 0.2) is 0 Å². The maximum absolute atomic E-state index is 12.7. The Labute approximate surface area is 213 Å². The van der Waals surface area contributed by atoms with E-state index in [0.717, 1.165) is 39.9 Å². The van der Waals surface area contributed by atoms with E-state index in [-0.39, 0.29) is 56.6 Å². The van der Waals surface area contributed by atoms with E-state index in [1.807, 2.05) is 48.5 Å². The molecule has 190 valence electrons. The fraction of sp³-hybridized carbons (Fsp3) is 0.379. The van der Waals surface area contributed by atoms with E-state index in [2.05, 4.69) is 6.07 Å². The van der Waals surface area contributed by atoms with Gasteiger partial charge in [-0.15, -0.1) is 0 Å². The van der Waals surface area contributed by atoms with Gasteiger partial charge in [0.05, 0.1) is 43.4 Å². The van der Waals surface area contributed by atoms with Crippen molar-refractivity contribution in [2.45, 2.75) is 44.5 Å². The predicted molar refractivity (Wildman–Crippen MR) is 133 cm³/mol. The maximum atomic E-state index is 12.7. The molecule has 37 heavy (non-hydrogen) atoms. The first-order valence-corrected chi connectivity index (χ1v) is 12.7. The SMILES string of the molecule is O=C(CCC(=O)OCc1c2ccccc2cc2ccccc12)OCCN1C(=O)C2C3CCC(O3)C2C1=O. The molecule has 2 amide bonds. The van der Waals surface area contributed by atoms with Crippen molar-refractivity contribution in [1.82, 2.24) is 4.90 Å². The maximum Gasteiger partial charge on any atom is 0.306 e. The number of fused-ring (bicyclic) bond motifs is 7. The van der Waals surface area contributed by atoms with Crippen LogP contribution in [0.15, 0.2) is 54.6 Å². The number of hydrogen-bond acceptors (Lipinski definition) is 7. The Hall–Kier alpha value is -3.78. The monoisotopic (exact) mass is 501 g/mol. The molecule has 4 unspecified atom stereocenters. The molecule has 0 saturated carbocycles. The fourth-order valence-electron chi connectivity index (χ4n) is 6.01. The topological polar surface area (TPSA) is 99.2 Å². The van der Waals surface area contributed by atoms with Crippen LogP contribution in [0.5, 0.6) is 0 Å². The van der Waals surface area contributed by atoms with Gasteiger partial charge in [0.2, 0.25) is 11.8 Å². The molecular weight excluding hydrogens is 474 g/mol.